The monoisotopic (exact) mass is 336 g/mol. The van der Waals surface area contributed by atoms with Crippen LogP contribution in [0.4, 0.5) is 5.95 Å². The van der Waals surface area contributed by atoms with E-state index >= 15 is 0 Å². The third-order valence-electron chi connectivity index (χ3n) is 4.40. The molecule has 0 aliphatic heterocycles. The maximum absolute atomic E-state index is 6.12. The fourth-order valence-electron chi connectivity index (χ4n) is 3.44. The molecule has 0 amide bonds. The first-order chi connectivity index (χ1) is 9.69. The van der Waals surface area contributed by atoms with Crippen molar-refractivity contribution in [2.45, 2.75) is 51.5 Å². The second-order valence-corrected chi connectivity index (χ2v) is 6.72. The number of hydrogen-bond donors (Lipinski definition) is 1. The van der Waals surface area contributed by atoms with Crippen LogP contribution >= 0.6 is 15.9 Å². The molecule has 1 saturated carbocycles. The molecule has 2 aromatic rings. The number of halogens is 1. The molecule has 0 bridgehead atoms. The summed E-state index contributed by atoms with van der Waals surface area (Å²) in [5.41, 5.74) is 7.93. The lowest BCUT2D eigenvalue weighted by Crippen LogP contribution is -2.19. The van der Waals surface area contributed by atoms with Gasteiger partial charge in [-0.05, 0) is 53.6 Å². The quantitative estimate of drug-likeness (QED) is 0.908. The van der Waals surface area contributed by atoms with Crippen LogP contribution in [0.1, 0.15) is 51.5 Å². The molecule has 0 atom stereocenters. The van der Waals surface area contributed by atoms with Gasteiger partial charge < -0.3 is 5.73 Å². The fraction of sp³-hybridized carbons (Fsp3) is 0.600. The lowest BCUT2D eigenvalue weighted by molar-refractivity contribution is 0.267. The molecule has 2 heterocycles. The van der Waals surface area contributed by atoms with Crippen molar-refractivity contribution in [3.8, 4) is 0 Å². The first kappa shape index (κ1) is 13.9. The van der Waals surface area contributed by atoms with Crippen LogP contribution in [0.5, 0.6) is 0 Å². The summed E-state index contributed by atoms with van der Waals surface area (Å²) < 4.78 is 3.09. The van der Waals surface area contributed by atoms with Gasteiger partial charge in [-0.3, -0.25) is 4.57 Å². The molecule has 0 saturated heterocycles. The molecule has 1 fully saturated rings. The van der Waals surface area contributed by atoms with Gasteiger partial charge in [0.05, 0.1) is 0 Å². The molecule has 5 heteroatoms. The van der Waals surface area contributed by atoms with Gasteiger partial charge in [-0.2, -0.15) is 0 Å². The summed E-state index contributed by atoms with van der Waals surface area (Å²) in [6.45, 7) is 2.27. The molecule has 0 unspecified atom stereocenters. The molecular formula is C15H21BrN4. The number of hydrogen-bond acceptors (Lipinski definition) is 3. The van der Waals surface area contributed by atoms with Gasteiger partial charge in [0.25, 0.3) is 0 Å². The Morgan fingerprint density at radius 1 is 1.35 bits per heavy atom. The Morgan fingerprint density at radius 3 is 2.80 bits per heavy atom. The average molecular weight is 337 g/mol. The van der Waals surface area contributed by atoms with Gasteiger partial charge in [-0.15, -0.1) is 0 Å². The molecule has 1 aliphatic carbocycles. The normalized spacial score (nSPS) is 23.3. The number of nitrogens with two attached hydrogens (primary N) is 1. The van der Waals surface area contributed by atoms with Gasteiger partial charge in [0.15, 0.2) is 5.65 Å². The molecule has 0 radical (unpaired) electrons. The highest BCUT2D eigenvalue weighted by Gasteiger charge is 2.25. The molecule has 0 spiro atoms. The van der Waals surface area contributed by atoms with Gasteiger partial charge in [0.1, 0.15) is 5.52 Å². The average Bonchev–Trinajstić information content (AvgIpc) is 2.75. The minimum absolute atomic E-state index is 0.460. The number of pyridine rings is 1. The van der Waals surface area contributed by atoms with Crippen molar-refractivity contribution in [3.05, 3.63) is 16.7 Å². The smallest absolute Gasteiger partial charge is 0.202 e. The number of nitrogens with zero attached hydrogens (tertiary/aromatic N) is 3. The zero-order valence-electron chi connectivity index (χ0n) is 11.8. The van der Waals surface area contributed by atoms with Crippen molar-refractivity contribution in [1.29, 1.82) is 0 Å². The maximum Gasteiger partial charge on any atom is 0.202 e. The second kappa shape index (κ2) is 5.72. The summed E-state index contributed by atoms with van der Waals surface area (Å²) in [5.74, 6) is 1.50. The Labute approximate surface area is 127 Å². The van der Waals surface area contributed by atoms with E-state index in [1.54, 1.807) is 0 Å². The van der Waals surface area contributed by atoms with Crippen LogP contribution in [0.2, 0.25) is 0 Å². The van der Waals surface area contributed by atoms with Crippen molar-refractivity contribution in [1.82, 2.24) is 14.5 Å². The lowest BCUT2D eigenvalue weighted by Gasteiger charge is -2.29. The molecule has 4 nitrogen and oxygen atoms in total. The van der Waals surface area contributed by atoms with Crippen LogP contribution in [0.3, 0.4) is 0 Å². The third kappa shape index (κ3) is 2.55. The summed E-state index contributed by atoms with van der Waals surface area (Å²) in [5, 5.41) is 0. The van der Waals surface area contributed by atoms with E-state index in [4.69, 9.17) is 5.73 Å². The Bertz CT molecular complexity index is 599. The van der Waals surface area contributed by atoms with Crippen LogP contribution < -0.4 is 5.73 Å². The van der Waals surface area contributed by atoms with Crippen LogP contribution in [-0.2, 0) is 0 Å². The van der Waals surface area contributed by atoms with Gasteiger partial charge >= 0.3 is 0 Å². The van der Waals surface area contributed by atoms with E-state index < -0.39 is 0 Å². The zero-order valence-corrected chi connectivity index (χ0v) is 13.4. The molecular weight excluding hydrogens is 316 g/mol. The number of fused-ring (bicyclic) bond motifs is 1. The largest absolute Gasteiger partial charge is 0.369 e. The summed E-state index contributed by atoms with van der Waals surface area (Å²) >= 11 is 3.43. The van der Waals surface area contributed by atoms with E-state index in [0.717, 1.165) is 21.6 Å². The number of aromatic nitrogens is 3. The van der Waals surface area contributed by atoms with Crippen LogP contribution in [0.15, 0.2) is 16.7 Å². The molecule has 0 aromatic carbocycles. The number of anilines is 1. The first-order valence-corrected chi connectivity index (χ1v) is 8.27. The van der Waals surface area contributed by atoms with E-state index in [9.17, 15) is 0 Å². The Hall–Kier alpha value is -1.10. The topological polar surface area (TPSA) is 56.7 Å². The van der Waals surface area contributed by atoms with Gasteiger partial charge in [0, 0.05) is 16.7 Å². The van der Waals surface area contributed by atoms with Crippen LogP contribution in [0, 0.1) is 5.92 Å². The van der Waals surface area contributed by atoms with Crippen molar-refractivity contribution >= 4 is 33.0 Å². The SMILES string of the molecule is CCCC1CCC(n2c(N)nc3cc(Br)cnc32)CC1. The van der Waals surface area contributed by atoms with E-state index in [2.05, 4.69) is 37.4 Å². The number of rotatable bonds is 3. The van der Waals surface area contributed by atoms with E-state index in [1.165, 1.54) is 38.5 Å². The maximum atomic E-state index is 6.12. The molecule has 1 aliphatic rings. The predicted molar refractivity (Wildman–Crippen MR) is 85.5 cm³/mol. The Morgan fingerprint density at radius 2 is 2.10 bits per heavy atom. The second-order valence-electron chi connectivity index (χ2n) is 5.80. The molecule has 108 valence electrons. The van der Waals surface area contributed by atoms with Crippen molar-refractivity contribution in [2.75, 3.05) is 5.73 Å². The number of nitrogen functional groups attached to an aromatic ring is 1. The minimum Gasteiger partial charge on any atom is -0.369 e. The van der Waals surface area contributed by atoms with Gasteiger partial charge in [-0.25, -0.2) is 9.97 Å². The molecule has 2 aromatic heterocycles. The molecule has 2 N–H and O–H groups in total. The highest BCUT2D eigenvalue weighted by atomic mass is 79.9. The zero-order chi connectivity index (χ0) is 14.1. The van der Waals surface area contributed by atoms with Crippen LogP contribution in [-0.4, -0.2) is 14.5 Å². The standard InChI is InChI=1S/C15H21BrN4/c1-2-3-10-4-6-12(7-5-10)20-14-13(19-15(20)17)8-11(16)9-18-14/h8-10,12H,2-7H2,1H3,(H2,17,19). The predicted octanol–water partition coefficient (Wildman–Crippen LogP) is 4.31. The van der Waals surface area contributed by atoms with Crippen LogP contribution in [0.25, 0.3) is 11.2 Å². The van der Waals surface area contributed by atoms with E-state index in [1.807, 2.05) is 12.3 Å². The highest BCUT2D eigenvalue weighted by molar-refractivity contribution is 9.10. The fourth-order valence-corrected chi connectivity index (χ4v) is 3.75. The molecule has 20 heavy (non-hydrogen) atoms. The summed E-state index contributed by atoms with van der Waals surface area (Å²) in [6.07, 6.45) is 9.46. The van der Waals surface area contributed by atoms with Gasteiger partial charge in [0.2, 0.25) is 5.95 Å². The van der Waals surface area contributed by atoms with E-state index in [0.29, 0.717) is 12.0 Å². The minimum atomic E-state index is 0.460. The molecule has 3 rings (SSSR count). The number of imidazole rings is 1. The van der Waals surface area contributed by atoms with Gasteiger partial charge in [-0.1, -0.05) is 19.8 Å². The third-order valence-corrected chi connectivity index (χ3v) is 4.84. The Kier molecular flexibility index (Phi) is 3.96. The van der Waals surface area contributed by atoms with Crippen molar-refractivity contribution in [2.24, 2.45) is 5.92 Å². The summed E-state index contributed by atoms with van der Waals surface area (Å²) in [6, 6.07) is 2.44. The summed E-state index contributed by atoms with van der Waals surface area (Å²) in [4.78, 5) is 8.96. The van der Waals surface area contributed by atoms with E-state index in [-0.39, 0.29) is 0 Å². The summed E-state index contributed by atoms with van der Waals surface area (Å²) in [7, 11) is 0. The lowest BCUT2D eigenvalue weighted by atomic mass is 9.83. The highest BCUT2D eigenvalue weighted by Crippen LogP contribution is 2.37. The Balaban J connectivity index is 1.86. The first-order valence-electron chi connectivity index (χ1n) is 7.48. The van der Waals surface area contributed by atoms with Crippen molar-refractivity contribution < 1.29 is 0 Å². The van der Waals surface area contributed by atoms with Crippen molar-refractivity contribution in [3.63, 3.8) is 0 Å².